The third kappa shape index (κ3) is 6.03. The van der Waals surface area contributed by atoms with Crippen LogP contribution in [0.4, 0.5) is 5.69 Å². The first-order valence-electron chi connectivity index (χ1n) is 9.92. The van der Waals surface area contributed by atoms with Crippen LogP contribution in [-0.2, 0) is 14.3 Å². The van der Waals surface area contributed by atoms with Gasteiger partial charge in [0.1, 0.15) is 5.75 Å². The Bertz CT molecular complexity index is 909. The van der Waals surface area contributed by atoms with Crippen LogP contribution in [0.5, 0.6) is 5.75 Å². The zero-order valence-electron chi connectivity index (χ0n) is 17.3. The Morgan fingerprint density at radius 2 is 1.68 bits per heavy atom. The fourth-order valence-corrected chi connectivity index (χ4v) is 3.35. The third-order valence-electron chi connectivity index (χ3n) is 5.08. The lowest BCUT2D eigenvalue weighted by molar-refractivity contribution is -0.136. The maximum absolute atomic E-state index is 12.4. The molecule has 9 heteroatoms. The summed E-state index contributed by atoms with van der Waals surface area (Å²) in [4.78, 5) is 38.0. The monoisotopic (exact) mass is 426 g/mol. The molecule has 1 heterocycles. The number of methoxy groups -OCH3 is 1. The second-order valence-corrected chi connectivity index (χ2v) is 7.04. The van der Waals surface area contributed by atoms with E-state index in [-0.39, 0.29) is 12.6 Å². The Morgan fingerprint density at radius 1 is 1.03 bits per heavy atom. The van der Waals surface area contributed by atoms with E-state index in [1.807, 2.05) is 24.3 Å². The number of carbonyl (C=O) groups is 3. The lowest BCUT2D eigenvalue weighted by Crippen LogP contribution is -2.45. The van der Waals surface area contributed by atoms with E-state index in [0.717, 1.165) is 24.4 Å². The number of morpholine rings is 1. The van der Waals surface area contributed by atoms with Crippen molar-refractivity contribution >= 4 is 23.4 Å². The number of carbonyl (C=O) groups excluding carboxylic acids is 3. The average molecular weight is 426 g/mol. The van der Waals surface area contributed by atoms with Gasteiger partial charge in [-0.25, -0.2) is 0 Å². The van der Waals surface area contributed by atoms with Crippen molar-refractivity contribution in [3.63, 3.8) is 0 Å². The summed E-state index contributed by atoms with van der Waals surface area (Å²) in [5.74, 6) is -1.36. The molecule has 2 aromatic rings. The predicted octanol–water partition coefficient (Wildman–Crippen LogP) is 0.922. The molecule has 1 fully saturated rings. The van der Waals surface area contributed by atoms with E-state index >= 15 is 0 Å². The lowest BCUT2D eigenvalue weighted by atomic mass is 10.0. The topological polar surface area (TPSA) is 123 Å². The number of hydrogen-bond donors (Lipinski definition) is 3. The van der Waals surface area contributed by atoms with Gasteiger partial charge in [0.2, 0.25) is 5.91 Å². The van der Waals surface area contributed by atoms with Crippen LogP contribution in [0.25, 0.3) is 0 Å². The molecule has 0 spiro atoms. The molecule has 0 radical (unpaired) electrons. The Hall–Kier alpha value is -3.43. The van der Waals surface area contributed by atoms with Gasteiger partial charge in [-0.05, 0) is 42.0 Å². The number of hydrogen-bond acceptors (Lipinski definition) is 6. The van der Waals surface area contributed by atoms with Gasteiger partial charge in [0.05, 0.1) is 26.4 Å². The van der Waals surface area contributed by atoms with Gasteiger partial charge in [-0.15, -0.1) is 0 Å². The van der Waals surface area contributed by atoms with Crippen molar-refractivity contribution in [2.24, 2.45) is 5.73 Å². The number of amides is 3. The summed E-state index contributed by atoms with van der Waals surface area (Å²) in [5.41, 5.74) is 6.91. The maximum atomic E-state index is 12.4. The number of anilines is 1. The molecule has 1 aliphatic rings. The van der Waals surface area contributed by atoms with E-state index < -0.39 is 17.7 Å². The molecule has 0 saturated carbocycles. The molecular weight excluding hydrogens is 400 g/mol. The fraction of sp³-hybridized carbons (Fsp3) is 0.318. The molecule has 0 bridgehead atoms. The van der Waals surface area contributed by atoms with Crippen molar-refractivity contribution in [2.45, 2.75) is 6.04 Å². The van der Waals surface area contributed by atoms with Crippen LogP contribution in [-0.4, -0.2) is 62.6 Å². The summed E-state index contributed by atoms with van der Waals surface area (Å²) in [6.07, 6.45) is 0. The number of nitrogens with zero attached hydrogens (tertiary/aromatic N) is 1. The summed E-state index contributed by atoms with van der Waals surface area (Å²) in [7, 11) is 1.61. The van der Waals surface area contributed by atoms with E-state index in [1.165, 1.54) is 24.3 Å². The van der Waals surface area contributed by atoms with E-state index in [4.69, 9.17) is 15.2 Å². The standard InChI is InChI=1S/C22H26N4O5/c1-30-18-8-4-15(5-9-18)19(26-10-12-31-13-11-26)14-24-21(28)22(29)25-17-6-2-16(3-7-17)20(23)27/h2-9,19H,10-14H2,1H3,(H2,23,27)(H,24,28)(H,25,29). The minimum Gasteiger partial charge on any atom is -0.497 e. The second kappa shape index (κ2) is 10.6. The Morgan fingerprint density at radius 3 is 2.26 bits per heavy atom. The third-order valence-corrected chi connectivity index (χ3v) is 5.08. The zero-order valence-corrected chi connectivity index (χ0v) is 17.3. The highest BCUT2D eigenvalue weighted by Crippen LogP contribution is 2.23. The van der Waals surface area contributed by atoms with Crippen LogP contribution in [0, 0.1) is 0 Å². The maximum Gasteiger partial charge on any atom is 0.313 e. The predicted molar refractivity (Wildman–Crippen MR) is 115 cm³/mol. The number of nitrogens with two attached hydrogens (primary N) is 1. The van der Waals surface area contributed by atoms with Crippen molar-refractivity contribution in [1.29, 1.82) is 0 Å². The largest absolute Gasteiger partial charge is 0.497 e. The Balaban J connectivity index is 1.63. The van der Waals surface area contributed by atoms with Crippen LogP contribution in [0.3, 0.4) is 0 Å². The summed E-state index contributed by atoms with van der Waals surface area (Å²) in [5, 5.41) is 5.23. The molecule has 4 N–H and O–H groups in total. The molecule has 1 unspecified atom stereocenters. The van der Waals surface area contributed by atoms with Crippen molar-refractivity contribution in [2.75, 3.05) is 45.3 Å². The van der Waals surface area contributed by atoms with Gasteiger partial charge in [-0.3, -0.25) is 19.3 Å². The number of nitrogens with one attached hydrogen (secondary N) is 2. The van der Waals surface area contributed by atoms with Gasteiger partial charge in [0.25, 0.3) is 0 Å². The molecule has 164 valence electrons. The first-order valence-corrected chi connectivity index (χ1v) is 9.92. The normalized spacial score (nSPS) is 15.0. The summed E-state index contributed by atoms with van der Waals surface area (Å²) in [6, 6.07) is 13.5. The van der Waals surface area contributed by atoms with Gasteiger partial charge in [-0.2, -0.15) is 0 Å². The highest BCUT2D eigenvalue weighted by Gasteiger charge is 2.24. The van der Waals surface area contributed by atoms with E-state index in [9.17, 15) is 14.4 Å². The molecule has 1 aliphatic heterocycles. The van der Waals surface area contributed by atoms with Gasteiger partial charge in [-0.1, -0.05) is 12.1 Å². The average Bonchev–Trinajstić information content (AvgIpc) is 2.80. The fourth-order valence-electron chi connectivity index (χ4n) is 3.35. The van der Waals surface area contributed by atoms with Crippen LogP contribution in [0.15, 0.2) is 48.5 Å². The van der Waals surface area contributed by atoms with Crippen LogP contribution >= 0.6 is 0 Å². The molecule has 3 amide bonds. The van der Waals surface area contributed by atoms with Gasteiger partial charge < -0.3 is 25.8 Å². The smallest absolute Gasteiger partial charge is 0.313 e. The van der Waals surface area contributed by atoms with Crippen LogP contribution in [0.1, 0.15) is 22.0 Å². The number of rotatable bonds is 7. The van der Waals surface area contributed by atoms with Crippen molar-refractivity contribution in [3.05, 3.63) is 59.7 Å². The van der Waals surface area contributed by atoms with Gasteiger partial charge >= 0.3 is 11.8 Å². The highest BCUT2D eigenvalue weighted by atomic mass is 16.5. The quantitative estimate of drug-likeness (QED) is 0.566. The first kappa shape index (κ1) is 22.3. The zero-order chi connectivity index (χ0) is 22.2. The van der Waals surface area contributed by atoms with E-state index in [2.05, 4.69) is 15.5 Å². The summed E-state index contributed by atoms with van der Waals surface area (Å²) in [6.45, 7) is 2.94. The molecule has 0 aliphatic carbocycles. The number of primary amides is 1. The highest BCUT2D eigenvalue weighted by molar-refractivity contribution is 6.39. The minimum absolute atomic E-state index is 0.110. The molecule has 1 saturated heterocycles. The summed E-state index contributed by atoms with van der Waals surface area (Å²) >= 11 is 0. The summed E-state index contributed by atoms with van der Waals surface area (Å²) < 4.78 is 10.7. The SMILES string of the molecule is COc1ccc(C(CNC(=O)C(=O)Nc2ccc(C(N)=O)cc2)N2CCOCC2)cc1. The minimum atomic E-state index is -0.790. The number of benzene rings is 2. The molecule has 0 aromatic heterocycles. The van der Waals surface area contributed by atoms with Crippen LogP contribution in [0.2, 0.25) is 0 Å². The molecule has 31 heavy (non-hydrogen) atoms. The van der Waals surface area contributed by atoms with Gasteiger partial charge in [0, 0.05) is 30.9 Å². The molecule has 2 aromatic carbocycles. The lowest BCUT2D eigenvalue weighted by Gasteiger charge is -2.34. The van der Waals surface area contributed by atoms with Crippen LogP contribution < -0.4 is 21.1 Å². The van der Waals surface area contributed by atoms with E-state index in [1.54, 1.807) is 7.11 Å². The van der Waals surface area contributed by atoms with Crippen molar-refractivity contribution < 1.29 is 23.9 Å². The van der Waals surface area contributed by atoms with Gasteiger partial charge in [0.15, 0.2) is 0 Å². The Labute approximate surface area is 180 Å². The molecule has 1 atom stereocenters. The second-order valence-electron chi connectivity index (χ2n) is 7.04. The molecule has 9 nitrogen and oxygen atoms in total. The Kier molecular flexibility index (Phi) is 7.58. The van der Waals surface area contributed by atoms with E-state index in [0.29, 0.717) is 24.5 Å². The molecular formula is C22H26N4O5. The first-order chi connectivity index (χ1) is 15.0. The van der Waals surface area contributed by atoms with Crippen molar-refractivity contribution in [1.82, 2.24) is 10.2 Å². The molecule has 3 rings (SSSR count). The van der Waals surface area contributed by atoms with Crippen molar-refractivity contribution in [3.8, 4) is 5.75 Å². The number of ether oxygens (including phenoxy) is 2.